The molecule has 1 aliphatic rings. The molecule has 110 valence electrons. The normalized spacial score (nSPS) is 27.7. The maximum atomic E-state index is 12.5. The Morgan fingerprint density at radius 3 is 2.90 bits per heavy atom. The van der Waals surface area contributed by atoms with Crippen molar-refractivity contribution in [3.63, 3.8) is 0 Å². The summed E-state index contributed by atoms with van der Waals surface area (Å²) in [5.74, 6) is 0.317. The topological polar surface area (TPSA) is 87.7 Å². The van der Waals surface area contributed by atoms with Gasteiger partial charge in [-0.25, -0.2) is 0 Å². The van der Waals surface area contributed by atoms with Crippen molar-refractivity contribution in [2.24, 2.45) is 22.2 Å². The van der Waals surface area contributed by atoms with E-state index in [1.165, 1.54) is 5.56 Å². The molecule has 4 N–H and O–H groups in total. The van der Waals surface area contributed by atoms with Crippen LogP contribution in [0, 0.1) is 11.3 Å². The average Bonchev–Trinajstić information content (AvgIpc) is 2.86. The lowest BCUT2D eigenvalue weighted by molar-refractivity contribution is -0.133. The number of amides is 1. The monoisotopic (exact) mass is 295 g/mol. The first kappa shape index (κ1) is 14.8. The predicted octanol–water partition coefficient (Wildman–Crippen LogP) is 1.96. The van der Waals surface area contributed by atoms with E-state index in [-0.39, 0.29) is 17.8 Å². The van der Waals surface area contributed by atoms with Crippen LogP contribution in [0.15, 0.2) is 22.0 Å². The summed E-state index contributed by atoms with van der Waals surface area (Å²) < 4.78 is 0. The molecule has 1 fully saturated rings. The Hall–Kier alpha value is -1.56. The maximum Gasteiger partial charge on any atom is 0.234 e. The number of thiophene rings is 1. The van der Waals surface area contributed by atoms with Crippen molar-refractivity contribution < 1.29 is 10.0 Å². The third-order valence-electron chi connectivity index (χ3n) is 3.93. The molecule has 6 heteroatoms. The van der Waals surface area contributed by atoms with Crippen LogP contribution in [0.25, 0.3) is 0 Å². The quantitative estimate of drug-likeness (QED) is 0.336. The molecule has 1 atom stereocenters. The van der Waals surface area contributed by atoms with Gasteiger partial charge in [0.1, 0.15) is 5.41 Å². The molecule has 20 heavy (non-hydrogen) atoms. The number of rotatable bonds is 5. The van der Waals surface area contributed by atoms with Gasteiger partial charge >= 0.3 is 0 Å². The van der Waals surface area contributed by atoms with Crippen molar-refractivity contribution in [3.05, 3.63) is 22.4 Å². The van der Waals surface area contributed by atoms with Gasteiger partial charge in [0.15, 0.2) is 5.84 Å². The van der Waals surface area contributed by atoms with Crippen LogP contribution in [-0.2, 0) is 11.2 Å². The zero-order chi connectivity index (χ0) is 14.8. The second kappa shape index (κ2) is 5.83. The largest absolute Gasteiger partial charge is 0.409 e. The Balaban J connectivity index is 1.99. The van der Waals surface area contributed by atoms with Crippen LogP contribution in [0.3, 0.4) is 0 Å². The van der Waals surface area contributed by atoms with Gasteiger partial charge in [-0.1, -0.05) is 12.1 Å². The summed E-state index contributed by atoms with van der Waals surface area (Å²) in [5, 5.41) is 19.0. The van der Waals surface area contributed by atoms with Crippen molar-refractivity contribution in [1.29, 1.82) is 0 Å². The first-order valence-electron chi connectivity index (χ1n) is 6.78. The van der Waals surface area contributed by atoms with Crippen molar-refractivity contribution >= 4 is 23.1 Å². The van der Waals surface area contributed by atoms with E-state index >= 15 is 0 Å². The Labute approximate surface area is 122 Å². The molecular weight excluding hydrogens is 274 g/mol. The smallest absolute Gasteiger partial charge is 0.234 e. The number of nitrogens with one attached hydrogen (secondary N) is 1. The number of oxime groups is 1. The highest BCUT2D eigenvalue weighted by Gasteiger charge is 2.52. The lowest BCUT2D eigenvalue weighted by atomic mass is 9.61. The van der Waals surface area contributed by atoms with E-state index < -0.39 is 5.41 Å². The molecule has 2 rings (SSSR count). The number of amidine groups is 1. The molecule has 1 saturated carbocycles. The van der Waals surface area contributed by atoms with Crippen LogP contribution >= 0.6 is 11.3 Å². The fourth-order valence-corrected chi connectivity index (χ4v) is 3.59. The Kier molecular flexibility index (Phi) is 4.32. The van der Waals surface area contributed by atoms with E-state index in [1.54, 1.807) is 11.3 Å². The van der Waals surface area contributed by atoms with Gasteiger partial charge in [0, 0.05) is 6.04 Å². The van der Waals surface area contributed by atoms with Gasteiger partial charge in [0.25, 0.3) is 0 Å². The number of hydrogen-bond donors (Lipinski definition) is 3. The minimum Gasteiger partial charge on any atom is -0.409 e. The van der Waals surface area contributed by atoms with Crippen LogP contribution in [-0.4, -0.2) is 23.0 Å². The zero-order valence-corrected chi connectivity index (χ0v) is 12.6. The molecule has 1 unspecified atom stereocenters. The molecule has 0 radical (unpaired) electrons. The van der Waals surface area contributed by atoms with Crippen LogP contribution < -0.4 is 11.1 Å². The van der Waals surface area contributed by atoms with E-state index in [9.17, 15) is 4.79 Å². The number of hydrogen-bond acceptors (Lipinski definition) is 4. The van der Waals surface area contributed by atoms with Crippen LogP contribution in [0.4, 0.5) is 0 Å². The van der Waals surface area contributed by atoms with E-state index in [0.29, 0.717) is 18.8 Å². The van der Waals surface area contributed by atoms with Gasteiger partial charge in [0.2, 0.25) is 5.91 Å². The molecule has 1 amide bonds. The Bertz CT molecular complexity index is 493. The summed E-state index contributed by atoms with van der Waals surface area (Å²) >= 11 is 1.65. The van der Waals surface area contributed by atoms with E-state index in [1.807, 2.05) is 12.3 Å². The van der Waals surface area contributed by atoms with Gasteiger partial charge in [-0.05, 0) is 54.5 Å². The number of carbonyl (C=O) groups is 1. The summed E-state index contributed by atoms with van der Waals surface area (Å²) in [7, 11) is 0. The van der Waals surface area contributed by atoms with E-state index in [2.05, 4.69) is 28.8 Å². The molecule has 1 aromatic heterocycles. The van der Waals surface area contributed by atoms with Crippen molar-refractivity contribution in [2.75, 3.05) is 0 Å². The minimum absolute atomic E-state index is 0.0239. The Morgan fingerprint density at radius 1 is 1.70 bits per heavy atom. The first-order chi connectivity index (χ1) is 9.48. The Morgan fingerprint density at radius 2 is 2.40 bits per heavy atom. The molecule has 0 spiro atoms. The van der Waals surface area contributed by atoms with E-state index in [0.717, 1.165) is 6.42 Å². The van der Waals surface area contributed by atoms with Crippen LogP contribution in [0.5, 0.6) is 0 Å². The molecular formula is C14H21N3O2S. The molecule has 0 aliphatic heterocycles. The number of nitrogens with zero attached hydrogens (tertiary/aromatic N) is 1. The molecule has 0 aromatic carbocycles. The maximum absolute atomic E-state index is 12.5. The minimum atomic E-state index is -0.822. The highest BCUT2D eigenvalue weighted by Crippen LogP contribution is 2.45. The molecule has 5 nitrogen and oxygen atoms in total. The molecule has 1 aliphatic carbocycles. The second-order valence-electron chi connectivity index (χ2n) is 5.79. The van der Waals surface area contributed by atoms with Gasteiger partial charge in [-0.15, -0.1) is 0 Å². The van der Waals surface area contributed by atoms with Crippen molar-refractivity contribution in [1.82, 2.24) is 5.32 Å². The summed E-state index contributed by atoms with van der Waals surface area (Å²) in [6.45, 7) is 4.03. The summed E-state index contributed by atoms with van der Waals surface area (Å²) in [5.41, 5.74) is 6.12. The van der Waals surface area contributed by atoms with E-state index in [4.69, 9.17) is 10.9 Å². The first-order valence-corrected chi connectivity index (χ1v) is 7.72. The lowest BCUT2D eigenvalue weighted by Crippen LogP contribution is -2.58. The van der Waals surface area contributed by atoms with Gasteiger partial charge in [-0.2, -0.15) is 11.3 Å². The zero-order valence-electron chi connectivity index (χ0n) is 11.8. The van der Waals surface area contributed by atoms with Crippen LogP contribution in [0.2, 0.25) is 0 Å². The summed E-state index contributed by atoms with van der Waals surface area (Å²) in [6.07, 6.45) is 2.07. The van der Waals surface area contributed by atoms with Gasteiger partial charge in [0.05, 0.1) is 0 Å². The van der Waals surface area contributed by atoms with Gasteiger partial charge < -0.3 is 16.3 Å². The highest BCUT2D eigenvalue weighted by atomic mass is 32.1. The molecule has 0 bridgehead atoms. The number of carbonyl (C=O) groups excluding carboxylic acids is 1. The predicted molar refractivity (Wildman–Crippen MR) is 79.9 cm³/mol. The second-order valence-corrected chi connectivity index (χ2v) is 6.57. The third kappa shape index (κ3) is 2.80. The van der Waals surface area contributed by atoms with Gasteiger partial charge in [-0.3, -0.25) is 4.79 Å². The van der Waals surface area contributed by atoms with Crippen molar-refractivity contribution in [3.8, 4) is 0 Å². The molecule has 1 aromatic rings. The fourth-order valence-electron chi connectivity index (χ4n) is 2.91. The summed E-state index contributed by atoms with van der Waals surface area (Å²) in [6, 6.07) is 2.08. The SMILES string of the molecule is CC1CC(C(=O)NC(C)Cc2ccsc2)(/C(N)=N/O)C1. The summed E-state index contributed by atoms with van der Waals surface area (Å²) in [4.78, 5) is 12.5. The average molecular weight is 295 g/mol. The fraction of sp³-hybridized carbons (Fsp3) is 0.571. The lowest BCUT2D eigenvalue weighted by Gasteiger charge is -2.44. The van der Waals surface area contributed by atoms with Crippen LogP contribution in [0.1, 0.15) is 32.3 Å². The number of nitrogens with two attached hydrogens (primary N) is 1. The molecule has 0 saturated heterocycles. The third-order valence-corrected chi connectivity index (χ3v) is 4.66. The standard InChI is InChI=1S/C14H21N3O2S/c1-9-6-14(7-9,12(15)17-19)13(18)16-10(2)5-11-3-4-20-8-11/h3-4,8-10,19H,5-7H2,1-2H3,(H2,15,17)(H,16,18). The van der Waals surface area contributed by atoms with Crippen molar-refractivity contribution in [2.45, 2.75) is 39.2 Å². The molecule has 1 heterocycles. The highest BCUT2D eigenvalue weighted by molar-refractivity contribution is 7.07.